The monoisotopic (exact) mass is 312 g/mol. The molecule has 0 aliphatic carbocycles. The van der Waals surface area contributed by atoms with Gasteiger partial charge < -0.3 is 5.32 Å². The predicted octanol–water partition coefficient (Wildman–Crippen LogP) is 2.30. The number of thiocarbonyl (C=S) groups is 1. The van der Waals surface area contributed by atoms with Crippen molar-refractivity contribution in [2.45, 2.75) is 13.8 Å². The van der Waals surface area contributed by atoms with Crippen LogP contribution in [0.3, 0.4) is 0 Å². The van der Waals surface area contributed by atoms with Crippen molar-refractivity contribution in [3.05, 3.63) is 53.0 Å². The maximum atomic E-state index is 12.6. The molecule has 1 aliphatic heterocycles. The van der Waals surface area contributed by atoms with Gasteiger partial charge in [-0.2, -0.15) is 5.10 Å². The maximum Gasteiger partial charge on any atom is 0.281 e. The molecule has 1 fully saturated rings. The Kier molecular flexibility index (Phi) is 3.54. The van der Waals surface area contributed by atoms with Crippen LogP contribution in [-0.2, 0) is 11.8 Å². The lowest BCUT2D eigenvalue weighted by atomic mass is 10.2. The summed E-state index contributed by atoms with van der Waals surface area (Å²) in [6, 6.07) is 9.60. The van der Waals surface area contributed by atoms with Gasteiger partial charge in [0.05, 0.1) is 11.4 Å². The quantitative estimate of drug-likeness (QED) is 0.683. The standard InChI is InChI=1S/C16H16N4OS/c1-10-5-4-6-13(7-10)20-15(21)14(17-16(20)22)9-12-8-11(2)19(3)18-12/h4-9H,1-3H3,(H,17,22)/b14-9+. The van der Waals surface area contributed by atoms with E-state index in [9.17, 15) is 4.79 Å². The highest BCUT2D eigenvalue weighted by Gasteiger charge is 2.32. The van der Waals surface area contributed by atoms with Crippen molar-refractivity contribution < 1.29 is 4.79 Å². The van der Waals surface area contributed by atoms with Crippen LogP contribution in [0.2, 0.25) is 0 Å². The molecule has 0 unspecified atom stereocenters. The Balaban J connectivity index is 1.94. The number of nitrogens with one attached hydrogen (secondary N) is 1. The van der Waals surface area contributed by atoms with Crippen LogP contribution in [0.5, 0.6) is 0 Å². The molecule has 3 rings (SSSR count). The lowest BCUT2D eigenvalue weighted by molar-refractivity contribution is -0.113. The fraction of sp³-hybridized carbons (Fsp3) is 0.188. The Morgan fingerprint density at radius 1 is 1.27 bits per heavy atom. The van der Waals surface area contributed by atoms with Crippen LogP contribution in [0.4, 0.5) is 5.69 Å². The maximum absolute atomic E-state index is 12.6. The summed E-state index contributed by atoms with van der Waals surface area (Å²) >= 11 is 5.29. The van der Waals surface area contributed by atoms with Crippen LogP contribution < -0.4 is 10.2 Å². The number of rotatable bonds is 2. The van der Waals surface area contributed by atoms with Crippen molar-refractivity contribution in [2.75, 3.05) is 4.90 Å². The predicted molar refractivity (Wildman–Crippen MR) is 90.3 cm³/mol. The number of aromatic nitrogens is 2. The SMILES string of the molecule is Cc1cccc(N2C(=O)/C(=C\c3cc(C)n(C)n3)NC2=S)c1. The van der Waals surface area contributed by atoms with Crippen molar-refractivity contribution in [1.29, 1.82) is 0 Å². The zero-order chi connectivity index (χ0) is 15.9. The lowest BCUT2D eigenvalue weighted by Crippen LogP contribution is -2.30. The van der Waals surface area contributed by atoms with Gasteiger partial charge in [0.25, 0.3) is 5.91 Å². The Bertz CT molecular complexity index is 787. The van der Waals surface area contributed by atoms with Gasteiger partial charge in [-0.1, -0.05) is 12.1 Å². The van der Waals surface area contributed by atoms with E-state index in [0.29, 0.717) is 10.8 Å². The van der Waals surface area contributed by atoms with Crippen molar-refractivity contribution >= 4 is 35.0 Å². The highest BCUT2D eigenvalue weighted by atomic mass is 32.1. The van der Waals surface area contributed by atoms with Gasteiger partial charge in [-0.25, -0.2) is 0 Å². The van der Waals surface area contributed by atoms with E-state index in [4.69, 9.17) is 12.2 Å². The highest BCUT2D eigenvalue weighted by molar-refractivity contribution is 7.80. The molecule has 0 atom stereocenters. The van der Waals surface area contributed by atoms with Crippen molar-refractivity contribution in [2.24, 2.45) is 7.05 Å². The molecule has 1 aromatic carbocycles. The Morgan fingerprint density at radius 2 is 2.05 bits per heavy atom. The molecule has 1 aromatic heterocycles. The molecule has 1 N–H and O–H groups in total. The fourth-order valence-corrected chi connectivity index (χ4v) is 2.64. The minimum Gasteiger partial charge on any atom is -0.327 e. The molecular weight excluding hydrogens is 296 g/mol. The molecule has 5 nitrogen and oxygen atoms in total. The normalized spacial score (nSPS) is 16.5. The van der Waals surface area contributed by atoms with Crippen LogP contribution in [0.25, 0.3) is 6.08 Å². The summed E-state index contributed by atoms with van der Waals surface area (Å²) in [7, 11) is 1.87. The first-order chi connectivity index (χ1) is 10.5. The summed E-state index contributed by atoms with van der Waals surface area (Å²) in [6.45, 7) is 3.94. The average molecular weight is 312 g/mol. The number of carbonyl (C=O) groups excluding carboxylic acids is 1. The molecule has 6 heteroatoms. The summed E-state index contributed by atoms with van der Waals surface area (Å²) in [4.78, 5) is 14.1. The van der Waals surface area contributed by atoms with Crippen molar-refractivity contribution in [3.63, 3.8) is 0 Å². The van der Waals surface area contributed by atoms with E-state index >= 15 is 0 Å². The smallest absolute Gasteiger partial charge is 0.281 e. The first-order valence-corrected chi connectivity index (χ1v) is 7.31. The van der Waals surface area contributed by atoms with Crippen LogP contribution in [-0.4, -0.2) is 20.8 Å². The third-order valence-electron chi connectivity index (χ3n) is 3.56. The molecule has 1 amide bonds. The molecule has 2 heterocycles. The van der Waals surface area contributed by atoms with Crippen molar-refractivity contribution in [1.82, 2.24) is 15.1 Å². The van der Waals surface area contributed by atoms with Gasteiger partial charge in [0.1, 0.15) is 5.70 Å². The molecule has 0 bridgehead atoms. The molecule has 0 saturated carbocycles. The number of nitrogens with zero attached hydrogens (tertiary/aromatic N) is 3. The van der Waals surface area contributed by atoms with Gasteiger partial charge in [-0.15, -0.1) is 0 Å². The second-order valence-electron chi connectivity index (χ2n) is 5.30. The highest BCUT2D eigenvalue weighted by Crippen LogP contribution is 2.23. The number of aryl methyl sites for hydroxylation is 3. The van der Waals surface area contributed by atoms with E-state index in [2.05, 4.69) is 10.4 Å². The summed E-state index contributed by atoms with van der Waals surface area (Å²) < 4.78 is 1.77. The van der Waals surface area contributed by atoms with Crippen molar-refractivity contribution in [3.8, 4) is 0 Å². The number of anilines is 1. The molecule has 0 spiro atoms. The van der Waals surface area contributed by atoms with Gasteiger partial charge in [0.15, 0.2) is 5.11 Å². The molecule has 2 aromatic rings. The number of benzene rings is 1. The summed E-state index contributed by atoms with van der Waals surface area (Å²) in [5, 5.41) is 7.68. The summed E-state index contributed by atoms with van der Waals surface area (Å²) in [5.74, 6) is -0.168. The zero-order valence-electron chi connectivity index (χ0n) is 12.6. The summed E-state index contributed by atoms with van der Waals surface area (Å²) in [6.07, 6.45) is 1.72. The van der Waals surface area contributed by atoms with Crippen LogP contribution in [0.15, 0.2) is 36.0 Å². The fourth-order valence-electron chi connectivity index (χ4n) is 2.34. The number of hydrogen-bond acceptors (Lipinski definition) is 3. The molecule has 1 saturated heterocycles. The Hall–Kier alpha value is -2.47. The van der Waals surface area contributed by atoms with Crippen LogP contribution in [0.1, 0.15) is 17.0 Å². The van der Waals surface area contributed by atoms with Gasteiger partial charge in [0, 0.05) is 12.7 Å². The van der Waals surface area contributed by atoms with Gasteiger partial charge in [-0.05, 0) is 55.9 Å². The minimum atomic E-state index is -0.168. The average Bonchev–Trinajstić information content (AvgIpc) is 2.90. The van der Waals surface area contributed by atoms with E-state index in [0.717, 1.165) is 22.6 Å². The van der Waals surface area contributed by atoms with Crippen LogP contribution >= 0.6 is 12.2 Å². The number of hydrogen-bond donors (Lipinski definition) is 1. The Morgan fingerprint density at radius 3 is 2.68 bits per heavy atom. The zero-order valence-corrected chi connectivity index (χ0v) is 13.4. The first-order valence-electron chi connectivity index (χ1n) is 6.90. The third-order valence-corrected chi connectivity index (χ3v) is 3.85. The third kappa shape index (κ3) is 2.53. The molecule has 1 aliphatic rings. The topological polar surface area (TPSA) is 50.2 Å². The second kappa shape index (κ2) is 5.38. The first kappa shape index (κ1) is 14.5. The summed E-state index contributed by atoms with van der Waals surface area (Å²) in [5.41, 5.74) is 4.03. The number of carbonyl (C=O) groups is 1. The largest absolute Gasteiger partial charge is 0.327 e. The second-order valence-corrected chi connectivity index (χ2v) is 5.69. The lowest BCUT2D eigenvalue weighted by Gasteiger charge is -2.14. The van der Waals surface area contributed by atoms with Crippen LogP contribution in [0, 0.1) is 13.8 Å². The van der Waals surface area contributed by atoms with E-state index in [1.165, 1.54) is 4.90 Å². The van der Waals surface area contributed by atoms with E-state index < -0.39 is 0 Å². The molecule has 22 heavy (non-hydrogen) atoms. The van der Waals surface area contributed by atoms with Gasteiger partial charge in [-0.3, -0.25) is 14.4 Å². The molecular formula is C16H16N4OS. The Labute approximate surface area is 134 Å². The molecule has 0 radical (unpaired) electrons. The van der Waals surface area contributed by atoms with E-state index in [1.807, 2.05) is 51.2 Å². The minimum absolute atomic E-state index is 0.168. The number of amides is 1. The van der Waals surface area contributed by atoms with Gasteiger partial charge in [0.2, 0.25) is 0 Å². The van der Waals surface area contributed by atoms with E-state index in [-0.39, 0.29) is 5.91 Å². The van der Waals surface area contributed by atoms with E-state index in [1.54, 1.807) is 10.8 Å². The molecule has 112 valence electrons. The van der Waals surface area contributed by atoms with Gasteiger partial charge >= 0.3 is 0 Å².